The van der Waals surface area contributed by atoms with Gasteiger partial charge in [0.2, 0.25) is 0 Å². The number of fused-ring (bicyclic) bond motifs is 5. The van der Waals surface area contributed by atoms with Gasteiger partial charge in [0.15, 0.2) is 12.4 Å². The van der Waals surface area contributed by atoms with Crippen molar-refractivity contribution in [1.82, 2.24) is 0 Å². The number of ether oxygens (including phenoxy) is 4. The van der Waals surface area contributed by atoms with Crippen LogP contribution in [0.5, 0.6) is 0 Å². The Morgan fingerprint density at radius 1 is 0.961 bits per heavy atom. The second-order valence-electron chi connectivity index (χ2n) is 17.2. The first-order valence-corrected chi connectivity index (χ1v) is 20.3. The van der Waals surface area contributed by atoms with Crippen LogP contribution in [-0.4, -0.2) is 88.0 Å². The van der Waals surface area contributed by atoms with Gasteiger partial charge in [0, 0.05) is 12.3 Å². The summed E-state index contributed by atoms with van der Waals surface area (Å²) in [7, 11) is 0. The van der Waals surface area contributed by atoms with Crippen molar-refractivity contribution >= 4 is 11.9 Å². The van der Waals surface area contributed by atoms with Crippen molar-refractivity contribution < 1.29 is 49.0 Å². The van der Waals surface area contributed by atoms with Crippen LogP contribution in [-0.2, 0) is 28.5 Å². The van der Waals surface area contributed by atoms with E-state index in [0.29, 0.717) is 31.8 Å². The third-order valence-electron chi connectivity index (χ3n) is 14.1. The normalized spacial score (nSPS) is 41.1. The van der Waals surface area contributed by atoms with E-state index < -0.39 is 59.6 Å². The van der Waals surface area contributed by atoms with E-state index in [0.717, 1.165) is 44.9 Å². The van der Waals surface area contributed by atoms with Gasteiger partial charge in [0.25, 0.3) is 0 Å². The lowest BCUT2D eigenvalue weighted by Crippen LogP contribution is -2.63. The Morgan fingerprint density at radius 3 is 2.29 bits per heavy atom. The van der Waals surface area contributed by atoms with E-state index in [2.05, 4.69) is 26.8 Å². The van der Waals surface area contributed by atoms with Crippen molar-refractivity contribution in [3.8, 4) is 0 Å². The Morgan fingerprint density at radius 2 is 1.63 bits per heavy atom. The first-order valence-electron chi connectivity index (χ1n) is 20.3. The van der Waals surface area contributed by atoms with Gasteiger partial charge >= 0.3 is 11.9 Å². The highest BCUT2D eigenvalue weighted by Gasteiger charge is 2.71. The number of hydrogen-bond donors (Lipinski definition) is 4. The minimum atomic E-state index is -1.64. The summed E-state index contributed by atoms with van der Waals surface area (Å²) >= 11 is 0. The van der Waals surface area contributed by atoms with Gasteiger partial charge < -0.3 is 39.4 Å². The standard InChI is InChI=1S/C41H68O10/c1-6-7-8-9-10-11-12-13-14-15-22-48-37(46)26(2)41(47)34(51-38-36(50-27(3)42)35(45)33(44)25-49-38)24-32-30-17-16-28-23-29(43)18-20-39(28,4)31(30)19-21-40(32,41)5/h16,26,29-36,38,43-45,47H,6-15,17-25H2,1-5H3/t26-,29+,30-,31+,32+,33+,34+,35+,36-,38+,39+,40+,41-/m1/s1. The first-order chi connectivity index (χ1) is 24.3. The van der Waals surface area contributed by atoms with Crippen molar-refractivity contribution in [3.05, 3.63) is 11.6 Å². The minimum Gasteiger partial charge on any atom is -0.465 e. The summed E-state index contributed by atoms with van der Waals surface area (Å²) in [5, 5.41) is 44.7. The Labute approximate surface area is 306 Å². The van der Waals surface area contributed by atoms with Crippen LogP contribution in [0.15, 0.2) is 11.6 Å². The third kappa shape index (κ3) is 8.26. The second kappa shape index (κ2) is 17.3. The van der Waals surface area contributed by atoms with Gasteiger partial charge in [-0.05, 0) is 81.5 Å². The number of carbonyl (C=O) groups is 2. The van der Waals surface area contributed by atoms with E-state index in [1.54, 1.807) is 6.92 Å². The van der Waals surface area contributed by atoms with Gasteiger partial charge in [0.1, 0.15) is 17.8 Å². The van der Waals surface area contributed by atoms with Gasteiger partial charge in [-0.15, -0.1) is 0 Å². The summed E-state index contributed by atoms with van der Waals surface area (Å²) in [5.41, 5.74) is -1.01. The maximum absolute atomic E-state index is 13.9. The molecule has 292 valence electrons. The highest BCUT2D eigenvalue weighted by Crippen LogP contribution is 2.69. The van der Waals surface area contributed by atoms with Gasteiger partial charge in [0.05, 0.1) is 31.3 Å². The zero-order valence-electron chi connectivity index (χ0n) is 32.0. The van der Waals surface area contributed by atoms with E-state index in [1.165, 1.54) is 57.4 Å². The number of allylic oxidation sites excluding steroid dienone is 1. The van der Waals surface area contributed by atoms with Crippen LogP contribution in [0.3, 0.4) is 0 Å². The Hall–Kier alpha value is -1.56. The van der Waals surface area contributed by atoms with Crippen molar-refractivity contribution in [2.24, 2.45) is 34.5 Å². The number of rotatable bonds is 16. The van der Waals surface area contributed by atoms with Gasteiger partial charge in [-0.3, -0.25) is 9.59 Å². The lowest BCUT2D eigenvalue weighted by molar-refractivity contribution is -0.306. The van der Waals surface area contributed by atoms with Crippen molar-refractivity contribution in [2.75, 3.05) is 13.2 Å². The van der Waals surface area contributed by atoms with Crippen LogP contribution in [0.1, 0.15) is 144 Å². The van der Waals surface area contributed by atoms with Crippen LogP contribution in [0.25, 0.3) is 0 Å². The molecule has 0 amide bonds. The fraction of sp³-hybridized carbons (Fsp3) is 0.902. The molecule has 3 saturated carbocycles. The highest BCUT2D eigenvalue weighted by atomic mass is 16.7. The molecule has 13 atom stereocenters. The van der Waals surface area contributed by atoms with E-state index in [1.807, 2.05) is 0 Å². The average molecular weight is 721 g/mol. The summed E-state index contributed by atoms with van der Waals surface area (Å²) in [6, 6.07) is 0. The smallest absolute Gasteiger partial charge is 0.311 e. The predicted octanol–water partition coefficient (Wildman–Crippen LogP) is 6.15. The predicted molar refractivity (Wildman–Crippen MR) is 192 cm³/mol. The first kappa shape index (κ1) is 40.6. The maximum Gasteiger partial charge on any atom is 0.311 e. The molecule has 0 radical (unpaired) electrons. The molecule has 1 saturated heterocycles. The molecular formula is C41H68O10. The molecule has 0 aromatic carbocycles. The highest BCUT2D eigenvalue weighted by molar-refractivity contribution is 5.74. The average Bonchev–Trinajstić information content (AvgIpc) is 3.33. The second-order valence-corrected chi connectivity index (χ2v) is 17.2. The SMILES string of the molecule is CCCCCCCCCCCCOC(=O)[C@@H](C)[C@@]1(O)[C@@H](O[C@@H]2OC[C@H](O)[C@H](O)[C@H]2OC(C)=O)C[C@H]2[C@@H]3CC=C4C[C@@H](O)CC[C@]4(C)[C@H]3CC[C@@]21C. The molecule has 10 nitrogen and oxygen atoms in total. The lowest BCUT2D eigenvalue weighted by Gasteiger charge is -2.59. The fourth-order valence-electron chi connectivity index (χ4n) is 11.0. The zero-order valence-corrected chi connectivity index (χ0v) is 32.0. The Kier molecular flexibility index (Phi) is 13.8. The quantitative estimate of drug-likeness (QED) is 0.0831. The molecule has 0 unspecified atom stereocenters. The molecule has 5 rings (SSSR count). The molecule has 10 heteroatoms. The fourth-order valence-corrected chi connectivity index (χ4v) is 11.0. The van der Waals surface area contributed by atoms with Gasteiger partial charge in [-0.25, -0.2) is 0 Å². The maximum atomic E-state index is 13.9. The van der Waals surface area contributed by atoms with Gasteiger partial charge in [-0.2, -0.15) is 0 Å². The minimum absolute atomic E-state index is 0.0104. The lowest BCUT2D eigenvalue weighted by atomic mass is 9.46. The van der Waals surface area contributed by atoms with Crippen LogP contribution >= 0.6 is 0 Å². The van der Waals surface area contributed by atoms with Gasteiger partial charge in [-0.1, -0.05) is 90.2 Å². The molecule has 0 bridgehead atoms. The van der Waals surface area contributed by atoms with E-state index >= 15 is 0 Å². The zero-order chi connectivity index (χ0) is 37.0. The Bertz CT molecular complexity index is 1210. The molecule has 0 aromatic rings. The molecule has 0 spiro atoms. The molecule has 51 heavy (non-hydrogen) atoms. The summed E-state index contributed by atoms with van der Waals surface area (Å²) in [6.45, 7) is 9.70. The van der Waals surface area contributed by atoms with Crippen LogP contribution in [0.2, 0.25) is 0 Å². The molecule has 1 heterocycles. The third-order valence-corrected chi connectivity index (χ3v) is 14.1. The summed E-state index contributed by atoms with van der Waals surface area (Å²) in [4.78, 5) is 25.9. The molecular weight excluding hydrogens is 652 g/mol. The molecule has 5 aliphatic rings. The van der Waals surface area contributed by atoms with Crippen molar-refractivity contribution in [3.63, 3.8) is 0 Å². The summed E-state index contributed by atoms with van der Waals surface area (Å²) in [6.07, 6.45) is 13.0. The molecule has 0 aromatic heterocycles. The van der Waals surface area contributed by atoms with Crippen molar-refractivity contribution in [1.29, 1.82) is 0 Å². The number of aliphatic hydroxyl groups is 4. The van der Waals surface area contributed by atoms with Crippen molar-refractivity contribution in [2.45, 2.75) is 186 Å². The van der Waals surface area contributed by atoms with Crippen LogP contribution in [0.4, 0.5) is 0 Å². The molecule has 1 aliphatic heterocycles. The van der Waals surface area contributed by atoms with E-state index in [9.17, 15) is 30.0 Å². The van der Waals surface area contributed by atoms with Crippen LogP contribution < -0.4 is 0 Å². The monoisotopic (exact) mass is 720 g/mol. The molecule has 4 N–H and O–H groups in total. The topological polar surface area (TPSA) is 152 Å². The number of aliphatic hydroxyl groups excluding tert-OH is 3. The number of carbonyl (C=O) groups excluding carboxylic acids is 2. The molecule has 4 aliphatic carbocycles. The summed E-state index contributed by atoms with van der Waals surface area (Å²) in [5.74, 6) is -1.40. The van der Waals surface area contributed by atoms with E-state index in [-0.39, 0.29) is 30.0 Å². The summed E-state index contributed by atoms with van der Waals surface area (Å²) < 4.78 is 23.7. The largest absolute Gasteiger partial charge is 0.465 e. The number of hydrogen-bond acceptors (Lipinski definition) is 10. The molecule has 4 fully saturated rings. The number of esters is 2. The number of unbranched alkanes of at least 4 members (excludes halogenated alkanes) is 9. The van der Waals surface area contributed by atoms with Crippen LogP contribution in [0, 0.1) is 34.5 Å². The van der Waals surface area contributed by atoms with E-state index in [4.69, 9.17) is 18.9 Å². The Balaban J connectivity index is 1.32.